The monoisotopic (exact) mass is 231 g/mol. The number of nitrogens with one attached hydrogen (secondary N) is 1. The molecule has 1 unspecified atom stereocenters. The average molecular weight is 231 g/mol. The van der Waals surface area contributed by atoms with E-state index in [1.54, 1.807) is 30.3 Å². The maximum Gasteiger partial charge on any atom is 0.329 e. The Balaban J connectivity index is 2.30. The number of anilines is 2. The number of nitrogens with zero attached hydrogens (tertiary/aromatic N) is 1. The Labute approximate surface area is 98.9 Å². The fourth-order valence-corrected chi connectivity index (χ4v) is 1.77. The van der Waals surface area contributed by atoms with Crippen LogP contribution in [0.4, 0.5) is 16.2 Å². The Bertz CT molecular complexity index is 484. The van der Waals surface area contributed by atoms with Gasteiger partial charge in [0.2, 0.25) is 0 Å². The number of amides is 3. The zero-order valence-electron chi connectivity index (χ0n) is 9.22. The molecule has 1 aliphatic heterocycles. The van der Waals surface area contributed by atoms with E-state index in [1.165, 1.54) is 0 Å². The van der Waals surface area contributed by atoms with Gasteiger partial charge in [-0.1, -0.05) is 12.1 Å². The molecule has 2 rings (SSSR count). The number of rotatable bonds is 3. The third-order valence-electron chi connectivity index (χ3n) is 2.55. The number of urea groups is 1. The molecule has 1 atom stereocenters. The number of hydrogen-bond donors (Lipinski definition) is 2. The molecule has 1 aromatic carbocycles. The molecule has 1 saturated heterocycles. The molecule has 3 N–H and O–H groups in total. The molecule has 0 bridgehead atoms. The highest BCUT2D eigenvalue weighted by Crippen LogP contribution is 2.22. The molecular weight excluding hydrogens is 218 g/mol. The first-order chi connectivity index (χ1) is 8.13. The molecule has 1 aliphatic rings. The predicted octanol–water partition coefficient (Wildman–Crippen LogP) is 1.27. The highest BCUT2D eigenvalue weighted by atomic mass is 16.2. The van der Waals surface area contributed by atoms with Crippen LogP contribution in [0.2, 0.25) is 0 Å². The van der Waals surface area contributed by atoms with Gasteiger partial charge in [-0.3, -0.25) is 4.79 Å². The van der Waals surface area contributed by atoms with Crippen LogP contribution in [0.3, 0.4) is 0 Å². The van der Waals surface area contributed by atoms with Crippen LogP contribution >= 0.6 is 0 Å². The van der Waals surface area contributed by atoms with E-state index in [1.807, 2.05) is 0 Å². The van der Waals surface area contributed by atoms with Crippen molar-refractivity contribution in [3.63, 3.8) is 0 Å². The smallest absolute Gasteiger partial charge is 0.329 e. The Morgan fingerprint density at radius 1 is 1.47 bits per heavy atom. The number of imide groups is 1. The third kappa shape index (κ3) is 1.99. The summed E-state index contributed by atoms with van der Waals surface area (Å²) in [4.78, 5) is 24.8. The van der Waals surface area contributed by atoms with Crippen molar-refractivity contribution in [3.8, 4) is 0 Å². The van der Waals surface area contributed by atoms with Crippen molar-refractivity contribution < 1.29 is 9.59 Å². The molecule has 5 heteroatoms. The first-order valence-electron chi connectivity index (χ1n) is 5.24. The molecule has 17 heavy (non-hydrogen) atoms. The van der Waals surface area contributed by atoms with Gasteiger partial charge in [0, 0.05) is 5.69 Å². The summed E-state index contributed by atoms with van der Waals surface area (Å²) in [6.45, 7) is 3.55. The van der Waals surface area contributed by atoms with Crippen molar-refractivity contribution in [1.29, 1.82) is 0 Å². The SMILES string of the molecule is C=CCC1NC(=O)N(c2cccc(N)c2)C1=O. The molecule has 88 valence electrons. The zero-order valence-corrected chi connectivity index (χ0v) is 9.22. The standard InChI is InChI=1S/C12H13N3O2/c1-2-4-10-11(16)15(12(17)14-10)9-6-3-5-8(13)7-9/h2-3,5-7,10H,1,4,13H2,(H,14,17). The summed E-state index contributed by atoms with van der Waals surface area (Å²) in [7, 11) is 0. The van der Waals surface area contributed by atoms with Gasteiger partial charge in [-0.2, -0.15) is 0 Å². The van der Waals surface area contributed by atoms with Crippen LogP contribution in [-0.2, 0) is 4.79 Å². The molecule has 0 saturated carbocycles. The Kier molecular flexibility index (Phi) is 2.82. The van der Waals surface area contributed by atoms with Gasteiger partial charge in [-0.15, -0.1) is 6.58 Å². The molecule has 0 spiro atoms. The lowest BCUT2D eigenvalue weighted by Gasteiger charge is -2.13. The lowest BCUT2D eigenvalue weighted by molar-refractivity contribution is -0.118. The molecule has 0 radical (unpaired) electrons. The normalized spacial score (nSPS) is 19.3. The second-order valence-electron chi connectivity index (χ2n) is 3.80. The van der Waals surface area contributed by atoms with Gasteiger partial charge in [0.1, 0.15) is 6.04 Å². The predicted molar refractivity (Wildman–Crippen MR) is 65.5 cm³/mol. The number of hydrogen-bond acceptors (Lipinski definition) is 3. The fraction of sp³-hybridized carbons (Fsp3) is 0.167. The summed E-state index contributed by atoms with van der Waals surface area (Å²) in [6.07, 6.45) is 2.02. The van der Waals surface area contributed by atoms with Gasteiger partial charge in [0.25, 0.3) is 5.91 Å². The molecular formula is C12H13N3O2. The summed E-state index contributed by atoms with van der Waals surface area (Å²) >= 11 is 0. The van der Waals surface area contributed by atoms with Crippen LogP contribution in [0.15, 0.2) is 36.9 Å². The van der Waals surface area contributed by atoms with Crippen molar-refractivity contribution in [1.82, 2.24) is 5.32 Å². The van der Waals surface area contributed by atoms with E-state index < -0.39 is 12.1 Å². The average Bonchev–Trinajstić information content (AvgIpc) is 2.55. The van der Waals surface area contributed by atoms with Crippen molar-refractivity contribution in [3.05, 3.63) is 36.9 Å². The van der Waals surface area contributed by atoms with Gasteiger partial charge in [-0.05, 0) is 24.6 Å². The summed E-state index contributed by atoms with van der Waals surface area (Å²) in [5.41, 5.74) is 6.62. The van der Waals surface area contributed by atoms with E-state index in [0.717, 1.165) is 4.90 Å². The van der Waals surface area contributed by atoms with E-state index in [9.17, 15) is 9.59 Å². The number of nitrogen functional groups attached to an aromatic ring is 1. The summed E-state index contributed by atoms with van der Waals surface area (Å²) in [5.74, 6) is -0.277. The highest BCUT2D eigenvalue weighted by Gasteiger charge is 2.38. The van der Waals surface area contributed by atoms with E-state index in [0.29, 0.717) is 17.8 Å². The topological polar surface area (TPSA) is 75.4 Å². The molecule has 0 aliphatic carbocycles. The molecule has 1 aromatic rings. The maximum atomic E-state index is 12.0. The van der Waals surface area contributed by atoms with Crippen molar-refractivity contribution in [2.45, 2.75) is 12.5 Å². The zero-order chi connectivity index (χ0) is 12.4. The van der Waals surface area contributed by atoms with Gasteiger partial charge < -0.3 is 11.1 Å². The van der Waals surface area contributed by atoms with Crippen LogP contribution in [0.25, 0.3) is 0 Å². The second-order valence-corrected chi connectivity index (χ2v) is 3.80. The molecule has 3 amide bonds. The first kappa shape index (κ1) is 11.2. The molecule has 1 fully saturated rings. The third-order valence-corrected chi connectivity index (χ3v) is 2.55. The van der Waals surface area contributed by atoms with Crippen molar-refractivity contribution >= 4 is 23.3 Å². The molecule has 5 nitrogen and oxygen atoms in total. The van der Waals surface area contributed by atoms with Crippen LogP contribution in [-0.4, -0.2) is 18.0 Å². The van der Waals surface area contributed by atoms with E-state index in [2.05, 4.69) is 11.9 Å². The Morgan fingerprint density at radius 2 is 2.24 bits per heavy atom. The largest absolute Gasteiger partial charge is 0.399 e. The van der Waals surface area contributed by atoms with E-state index >= 15 is 0 Å². The number of benzene rings is 1. The quantitative estimate of drug-likeness (QED) is 0.467. The number of carbonyl (C=O) groups is 2. The van der Waals surface area contributed by atoms with E-state index in [4.69, 9.17) is 5.73 Å². The minimum atomic E-state index is -0.526. The summed E-state index contributed by atoms with van der Waals surface area (Å²) in [5, 5.41) is 2.60. The van der Waals surface area contributed by atoms with Crippen LogP contribution in [0.1, 0.15) is 6.42 Å². The van der Waals surface area contributed by atoms with Gasteiger partial charge in [0.15, 0.2) is 0 Å². The van der Waals surface area contributed by atoms with Crippen LogP contribution in [0, 0.1) is 0 Å². The summed E-state index contributed by atoms with van der Waals surface area (Å²) < 4.78 is 0. The minimum absolute atomic E-state index is 0.277. The van der Waals surface area contributed by atoms with Gasteiger partial charge >= 0.3 is 6.03 Å². The first-order valence-corrected chi connectivity index (χ1v) is 5.24. The number of nitrogens with two attached hydrogens (primary N) is 1. The Morgan fingerprint density at radius 3 is 2.88 bits per heavy atom. The van der Waals surface area contributed by atoms with Gasteiger partial charge in [-0.25, -0.2) is 9.69 Å². The number of carbonyl (C=O) groups excluding carboxylic acids is 2. The lowest BCUT2D eigenvalue weighted by Crippen LogP contribution is -2.31. The summed E-state index contributed by atoms with van der Waals surface area (Å²) in [6, 6.07) is 5.71. The molecule has 1 heterocycles. The lowest BCUT2D eigenvalue weighted by atomic mass is 10.2. The van der Waals surface area contributed by atoms with E-state index in [-0.39, 0.29) is 5.91 Å². The van der Waals surface area contributed by atoms with Gasteiger partial charge in [0.05, 0.1) is 5.69 Å². The van der Waals surface area contributed by atoms with Crippen molar-refractivity contribution in [2.75, 3.05) is 10.6 Å². The van der Waals surface area contributed by atoms with Crippen LogP contribution in [0.5, 0.6) is 0 Å². The second kappa shape index (κ2) is 4.29. The molecule has 0 aromatic heterocycles. The highest BCUT2D eigenvalue weighted by molar-refractivity contribution is 6.21. The fourth-order valence-electron chi connectivity index (χ4n) is 1.77. The Hall–Kier alpha value is -2.30. The maximum absolute atomic E-state index is 12.0. The van der Waals surface area contributed by atoms with Crippen molar-refractivity contribution in [2.24, 2.45) is 0 Å². The van der Waals surface area contributed by atoms with Crippen LogP contribution < -0.4 is 16.0 Å². The minimum Gasteiger partial charge on any atom is -0.399 e.